The summed E-state index contributed by atoms with van der Waals surface area (Å²) in [6, 6.07) is 11.9. The van der Waals surface area contributed by atoms with Gasteiger partial charge in [-0.05, 0) is 62.4 Å². The van der Waals surface area contributed by atoms with Crippen molar-refractivity contribution in [2.75, 3.05) is 11.9 Å². The smallest absolute Gasteiger partial charge is 0.270 e. The van der Waals surface area contributed by atoms with Gasteiger partial charge in [-0.3, -0.25) is 14.0 Å². The van der Waals surface area contributed by atoms with Crippen LogP contribution in [0.1, 0.15) is 59.9 Å². The van der Waals surface area contributed by atoms with Crippen molar-refractivity contribution >= 4 is 23.1 Å². The van der Waals surface area contributed by atoms with Crippen LogP contribution < -0.4 is 10.6 Å². The maximum Gasteiger partial charge on any atom is 0.270 e. The number of nitrogens with one attached hydrogen (secondary N) is 2. The van der Waals surface area contributed by atoms with Crippen molar-refractivity contribution in [3.05, 3.63) is 65.1 Å². The summed E-state index contributed by atoms with van der Waals surface area (Å²) in [5.41, 5.74) is 5.15. The highest BCUT2D eigenvalue weighted by molar-refractivity contribution is 5.95. The maximum absolute atomic E-state index is 12.6. The van der Waals surface area contributed by atoms with E-state index in [9.17, 15) is 9.59 Å². The number of hydrogen-bond acceptors (Lipinski definition) is 3. The third-order valence-corrected chi connectivity index (χ3v) is 5.16. The fourth-order valence-corrected chi connectivity index (χ4v) is 3.48. The van der Waals surface area contributed by atoms with E-state index in [1.807, 2.05) is 48.7 Å². The molecule has 158 valence electrons. The van der Waals surface area contributed by atoms with E-state index in [4.69, 9.17) is 0 Å². The number of amides is 2. The summed E-state index contributed by atoms with van der Waals surface area (Å²) in [4.78, 5) is 29.3. The van der Waals surface area contributed by atoms with Crippen molar-refractivity contribution in [1.82, 2.24) is 14.7 Å². The predicted molar refractivity (Wildman–Crippen MR) is 120 cm³/mol. The lowest BCUT2D eigenvalue weighted by Gasteiger charge is -2.08. The highest BCUT2D eigenvalue weighted by Crippen LogP contribution is 2.15. The summed E-state index contributed by atoms with van der Waals surface area (Å²) in [7, 11) is 0. The number of rotatable bonds is 9. The van der Waals surface area contributed by atoms with Crippen LogP contribution >= 0.6 is 0 Å². The number of nitrogens with zero attached hydrogens (tertiary/aromatic N) is 2. The predicted octanol–water partition coefficient (Wildman–Crippen LogP) is 4.44. The molecule has 0 bridgehead atoms. The first-order chi connectivity index (χ1) is 14.5. The van der Waals surface area contributed by atoms with Crippen LogP contribution in [0, 0.1) is 13.8 Å². The third-order valence-electron chi connectivity index (χ3n) is 5.16. The molecule has 0 atom stereocenters. The van der Waals surface area contributed by atoms with Crippen LogP contribution in [0.2, 0.25) is 0 Å². The van der Waals surface area contributed by atoms with E-state index < -0.39 is 0 Å². The van der Waals surface area contributed by atoms with Crippen LogP contribution in [0.3, 0.4) is 0 Å². The topological polar surface area (TPSA) is 75.5 Å². The molecule has 6 nitrogen and oxygen atoms in total. The first-order valence-corrected chi connectivity index (χ1v) is 10.6. The Morgan fingerprint density at radius 3 is 2.57 bits per heavy atom. The summed E-state index contributed by atoms with van der Waals surface area (Å²) in [6.07, 6.45) is 6.18. The Morgan fingerprint density at radius 2 is 1.83 bits per heavy atom. The molecule has 6 heteroatoms. The molecule has 0 aliphatic heterocycles. The number of aryl methyl sites for hydroxylation is 3. The van der Waals surface area contributed by atoms with Crippen molar-refractivity contribution in [3.8, 4) is 0 Å². The van der Waals surface area contributed by atoms with E-state index in [1.54, 1.807) is 0 Å². The van der Waals surface area contributed by atoms with E-state index in [1.165, 1.54) is 18.4 Å². The van der Waals surface area contributed by atoms with Gasteiger partial charge in [-0.2, -0.15) is 0 Å². The maximum atomic E-state index is 12.6. The highest BCUT2D eigenvalue weighted by Gasteiger charge is 2.17. The molecule has 0 saturated heterocycles. The molecule has 3 rings (SSSR count). The minimum absolute atomic E-state index is 0.0489. The standard InChI is InChI=1S/C24H30N4O2/c1-4-5-9-19-11-13-20(14-12-19)27-21(29)10-6-15-25-24(30)22-18(3)26-23-17(2)8-7-16-28(22)23/h7-8,11-14,16H,4-6,9-10,15H2,1-3H3,(H,25,30)(H,27,29). The lowest BCUT2D eigenvalue weighted by Crippen LogP contribution is -2.27. The lowest BCUT2D eigenvalue weighted by atomic mass is 10.1. The Morgan fingerprint density at radius 1 is 1.07 bits per heavy atom. The molecule has 30 heavy (non-hydrogen) atoms. The first kappa shape index (κ1) is 21.6. The molecule has 0 aliphatic rings. The molecule has 3 aromatic rings. The van der Waals surface area contributed by atoms with Gasteiger partial charge in [0.05, 0.1) is 5.69 Å². The quantitative estimate of drug-likeness (QED) is 0.516. The van der Waals surface area contributed by atoms with Crippen molar-refractivity contribution in [2.45, 2.75) is 52.9 Å². The summed E-state index contributed by atoms with van der Waals surface area (Å²) < 4.78 is 1.82. The Labute approximate surface area is 177 Å². The van der Waals surface area contributed by atoms with Gasteiger partial charge in [-0.15, -0.1) is 0 Å². The minimum Gasteiger partial charge on any atom is -0.351 e. The second-order valence-electron chi connectivity index (χ2n) is 7.64. The van der Waals surface area contributed by atoms with Crippen molar-refractivity contribution in [2.24, 2.45) is 0 Å². The number of carbonyl (C=O) groups excluding carboxylic acids is 2. The Hall–Kier alpha value is -3.15. The molecule has 2 amide bonds. The molecule has 0 saturated carbocycles. The SMILES string of the molecule is CCCCc1ccc(NC(=O)CCCNC(=O)c2c(C)nc3c(C)cccn23)cc1. The number of imidazole rings is 1. The molecule has 2 heterocycles. The molecule has 2 N–H and O–H groups in total. The van der Waals surface area contributed by atoms with Crippen LogP contribution in [-0.2, 0) is 11.2 Å². The molecule has 0 aliphatic carbocycles. The number of benzene rings is 1. The van der Waals surface area contributed by atoms with Crippen molar-refractivity contribution in [1.29, 1.82) is 0 Å². The zero-order valence-electron chi connectivity index (χ0n) is 18.0. The van der Waals surface area contributed by atoms with Gasteiger partial charge in [-0.1, -0.05) is 31.5 Å². The van der Waals surface area contributed by atoms with Gasteiger partial charge in [0.25, 0.3) is 5.91 Å². The van der Waals surface area contributed by atoms with E-state index in [0.29, 0.717) is 30.8 Å². The number of unbranched alkanes of at least 4 members (excludes halogenated alkanes) is 1. The molecule has 0 spiro atoms. The Kier molecular flexibility index (Phi) is 7.22. The monoisotopic (exact) mass is 406 g/mol. The fourth-order valence-electron chi connectivity index (χ4n) is 3.48. The van der Waals surface area contributed by atoms with Gasteiger partial charge in [-0.25, -0.2) is 4.98 Å². The van der Waals surface area contributed by atoms with Gasteiger partial charge >= 0.3 is 0 Å². The van der Waals surface area contributed by atoms with E-state index in [0.717, 1.165) is 23.3 Å². The number of aromatic nitrogens is 2. The average Bonchev–Trinajstić information content (AvgIpc) is 3.08. The van der Waals surface area contributed by atoms with E-state index >= 15 is 0 Å². The van der Waals surface area contributed by atoms with Gasteiger partial charge < -0.3 is 10.6 Å². The van der Waals surface area contributed by atoms with Crippen LogP contribution in [0.5, 0.6) is 0 Å². The Balaban J connectivity index is 1.46. The third kappa shape index (κ3) is 5.26. The molecule has 0 radical (unpaired) electrons. The molecular weight excluding hydrogens is 376 g/mol. The molecule has 0 fully saturated rings. The zero-order valence-corrected chi connectivity index (χ0v) is 18.0. The number of fused-ring (bicyclic) bond motifs is 1. The van der Waals surface area contributed by atoms with Gasteiger partial charge in [0.1, 0.15) is 11.3 Å². The summed E-state index contributed by atoms with van der Waals surface area (Å²) in [5, 5.41) is 5.82. The second kappa shape index (κ2) is 10.1. The molecule has 2 aromatic heterocycles. The molecule has 1 aromatic carbocycles. The van der Waals surface area contributed by atoms with Crippen LogP contribution in [0.15, 0.2) is 42.6 Å². The lowest BCUT2D eigenvalue weighted by molar-refractivity contribution is -0.116. The second-order valence-corrected chi connectivity index (χ2v) is 7.64. The number of anilines is 1. The summed E-state index contributed by atoms with van der Waals surface area (Å²) in [5.74, 6) is -0.221. The van der Waals surface area contributed by atoms with Crippen molar-refractivity contribution in [3.63, 3.8) is 0 Å². The van der Waals surface area contributed by atoms with Gasteiger partial charge in [0.2, 0.25) is 5.91 Å². The normalized spacial score (nSPS) is 10.9. The summed E-state index contributed by atoms with van der Waals surface area (Å²) >= 11 is 0. The number of pyridine rings is 1. The summed E-state index contributed by atoms with van der Waals surface area (Å²) in [6.45, 7) is 6.42. The van der Waals surface area contributed by atoms with E-state index in [-0.39, 0.29) is 11.8 Å². The van der Waals surface area contributed by atoms with Crippen LogP contribution in [0.4, 0.5) is 5.69 Å². The number of hydrogen-bond donors (Lipinski definition) is 2. The van der Waals surface area contributed by atoms with Gasteiger partial charge in [0.15, 0.2) is 0 Å². The minimum atomic E-state index is -0.173. The van der Waals surface area contributed by atoms with Crippen molar-refractivity contribution < 1.29 is 9.59 Å². The zero-order chi connectivity index (χ0) is 21.5. The first-order valence-electron chi connectivity index (χ1n) is 10.6. The van der Waals surface area contributed by atoms with Crippen LogP contribution in [-0.4, -0.2) is 27.7 Å². The van der Waals surface area contributed by atoms with E-state index in [2.05, 4.69) is 34.7 Å². The molecular formula is C24H30N4O2. The fraction of sp³-hybridized carbons (Fsp3) is 0.375. The van der Waals surface area contributed by atoms with Gasteiger partial charge in [0, 0.05) is 24.8 Å². The average molecular weight is 407 g/mol. The number of carbonyl (C=O) groups is 2. The highest BCUT2D eigenvalue weighted by atomic mass is 16.2. The van der Waals surface area contributed by atoms with Crippen LogP contribution in [0.25, 0.3) is 5.65 Å². The molecule has 0 unspecified atom stereocenters. The Bertz CT molecular complexity index is 1020. The largest absolute Gasteiger partial charge is 0.351 e.